The number of halogens is 1. The van der Waals surface area contributed by atoms with Crippen molar-refractivity contribution in [3.63, 3.8) is 0 Å². The maximum Gasteiger partial charge on any atom is 0.230 e. The lowest BCUT2D eigenvalue weighted by Crippen LogP contribution is -2.32. The molecule has 70 valence electrons. The van der Waals surface area contributed by atoms with Gasteiger partial charge in [-0.3, -0.25) is 4.79 Å². The van der Waals surface area contributed by atoms with Gasteiger partial charge in [-0.2, -0.15) is 0 Å². The number of hydrogen-bond donors (Lipinski definition) is 2. The highest BCUT2D eigenvalue weighted by Gasteiger charge is 2.24. The van der Waals surface area contributed by atoms with Gasteiger partial charge in [0.25, 0.3) is 0 Å². The van der Waals surface area contributed by atoms with E-state index >= 15 is 0 Å². The summed E-state index contributed by atoms with van der Waals surface area (Å²) in [5, 5.41) is 12.5. The molecule has 0 saturated heterocycles. The summed E-state index contributed by atoms with van der Waals surface area (Å²) in [5.41, 5.74) is 0. The molecule has 0 spiro atoms. The molecular weight excluding hydrogens is 222 g/mol. The highest BCUT2D eigenvalue weighted by molar-refractivity contribution is 9.09. The molecule has 0 bridgehead atoms. The molecule has 2 N–H and O–H groups in total. The molecule has 1 fully saturated rings. The van der Waals surface area contributed by atoms with Crippen LogP contribution in [0.3, 0.4) is 0 Å². The van der Waals surface area contributed by atoms with E-state index in [9.17, 15) is 9.90 Å². The van der Waals surface area contributed by atoms with Crippen molar-refractivity contribution in [2.24, 2.45) is 5.92 Å². The monoisotopic (exact) mass is 235 g/mol. The Morgan fingerprint density at radius 2 is 2.33 bits per heavy atom. The Balaban J connectivity index is 2.18. The van der Waals surface area contributed by atoms with Gasteiger partial charge >= 0.3 is 0 Å². The lowest BCUT2D eigenvalue weighted by Gasteiger charge is -2.14. The second kappa shape index (κ2) is 4.82. The van der Waals surface area contributed by atoms with E-state index in [1.54, 1.807) is 0 Å². The smallest absolute Gasteiger partial charge is 0.230 e. The van der Waals surface area contributed by atoms with Gasteiger partial charge in [0.05, 0.1) is 11.4 Å². The molecule has 0 aromatic rings. The van der Waals surface area contributed by atoms with Gasteiger partial charge in [0.1, 0.15) is 0 Å². The predicted octanol–water partition coefficient (Wildman–Crippen LogP) is 0.658. The highest BCUT2D eigenvalue weighted by atomic mass is 79.9. The lowest BCUT2D eigenvalue weighted by atomic mass is 10.1. The number of carbonyl (C=O) groups excluding carboxylic acids is 1. The van der Waals surface area contributed by atoms with Crippen LogP contribution in [0.1, 0.15) is 19.3 Å². The fraction of sp³-hybridized carbons (Fsp3) is 0.875. The van der Waals surface area contributed by atoms with E-state index in [2.05, 4.69) is 21.2 Å². The third kappa shape index (κ3) is 2.75. The first-order chi connectivity index (χ1) is 5.74. The summed E-state index contributed by atoms with van der Waals surface area (Å²) in [6.07, 6.45) is 2.79. The largest absolute Gasteiger partial charge is 0.393 e. The number of carbonyl (C=O) groups is 1. The fourth-order valence-electron chi connectivity index (χ4n) is 1.55. The molecule has 0 aromatic carbocycles. The highest BCUT2D eigenvalue weighted by Crippen LogP contribution is 2.24. The molecule has 1 aliphatic carbocycles. The Hall–Kier alpha value is -0.0900. The molecule has 0 radical (unpaired) electrons. The van der Waals surface area contributed by atoms with E-state index in [1.165, 1.54) is 0 Å². The summed E-state index contributed by atoms with van der Waals surface area (Å²) in [7, 11) is 0. The van der Waals surface area contributed by atoms with E-state index in [-0.39, 0.29) is 17.9 Å². The third-order valence-corrected chi connectivity index (χ3v) is 2.81. The summed E-state index contributed by atoms with van der Waals surface area (Å²) in [6.45, 7) is 0.617. The number of nitrogens with one attached hydrogen (secondary N) is 1. The number of aliphatic hydroxyl groups excluding tert-OH is 1. The Morgan fingerprint density at radius 3 is 2.83 bits per heavy atom. The van der Waals surface area contributed by atoms with Gasteiger partial charge in [-0.25, -0.2) is 0 Å². The summed E-state index contributed by atoms with van der Waals surface area (Å²) < 4.78 is 0. The van der Waals surface area contributed by atoms with Gasteiger partial charge in [0.2, 0.25) is 5.91 Å². The molecule has 0 aliphatic heterocycles. The fourth-order valence-corrected chi connectivity index (χ4v) is 1.75. The average Bonchev–Trinajstić information content (AvgIpc) is 2.47. The second-order valence-electron chi connectivity index (χ2n) is 3.20. The summed E-state index contributed by atoms with van der Waals surface area (Å²) >= 11 is 3.06. The molecule has 1 aliphatic rings. The van der Waals surface area contributed by atoms with Crippen LogP contribution in [-0.4, -0.2) is 29.0 Å². The van der Waals surface area contributed by atoms with Gasteiger partial charge in [-0.05, 0) is 12.8 Å². The molecule has 1 rings (SSSR count). The van der Waals surface area contributed by atoms with E-state index in [1.807, 2.05) is 0 Å². The van der Waals surface area contributed by atoms with Crippen molar-refractivity contribution in [1.29, 1.82) is 0 Å². The first-order valence-electron chi connectivity index (χ1n) is 4.24. The zero-order valence-electron chi connectivity index (χ0n) is 6.92. The zero-order chi connectivity index (χ0) is 8.97. The Kier molecular flexibility index (Phi) is 4.01. The molecule has 1 saturated carbocycles. The van der Waals surface area contributed by atoms with Crippen LogP contribution < -0.4 is 5.32 Å². The van der Waals surface area contributed by atoms with E-state index in [0.717, 1.165) is 19.3 Å². The number of alkyl halides is 1. The normalized spacial score (nSPS) is 28.8. The molecule has 1 amide bonds. The van der Waals surface area contributed by atoms with Crippen LogP contribution in [0, 0.1) is 5.92 Å². The third-order valence-electron chi connectivity index (χ3n) is 2.30. The predicted molar refractivity (Wildman–Crippen MR) is 50.2 cm³/mol. The SMILES string of the molecule is O=C(CBr)NCC1CCCC1O. The standard InChI is InChI=1S/C8H14BrNO2/c9-4-8(12)10-5-6-2-1-3-7(6)11/h6-7,11H,1-5H2,(H,10,12). The number of rotatable bonds is 3. The van der Waals surface area contributed by atoms with Crippen molar-refractivity contribution in [1.82, 2.24) is 5.32 Å². The molecule has 2 unspecified atom stereocenters. The van der Waals surface area contributed by atoms with Gasteiger partial charge < -0.3 is 10.4 Å². The molecule has 12 heavy (non-hydrogen) atoms. The van der Waals surface area contributed by atoms with Crippen molar-refractivity contribution in [2.45, 2.75) is 25.4 Å². The zero-order valence-corrected chi connectivity index (χ0v) is 8.51. The molecule has 0 heterocycles. The first kappa shape index (κ1) is 9.99. The topological polar surface area (TPSA) is 49.3 Å². The Labute approximate surface area is 80.7 Å². The maximum absolute atomic E-state index is 10.8. The van der Waals surface area contributed by atoms with Crippen LogP contribution in [0.15, 0.2) is 0 Å². The summed E-state index contributed by atoms with van der Waals surface area (Å²) in [6, 6.07) is 0. The lowest BCUT2D eigenvalue weighted by molar-refractivity contribution is -0.118. The Morgan fingerprint density at radius 1 is 1.58 bits per heavy atom. The number of aliphatic hydroxyl groups is 1. The molecule has 4 heteroatoms. The molecule has 2 atom stereocenters. The number of amides is 1. The van der Waals surface area contributed by atoms with Crippen LogP contribution in [0.4, 0.5) is 0 Å². The molecule has 3 nitrogen and oxygen atoms in total. The second-order valence-corrected chi connectivity index (χ2v) is 3.76. The molecule has 0 aromatic heterocycles. The van der Waals surface area contributed by atoms with E-state index in [0.29, 0.717) is 11.9 Å². The van der Waals surface area contributed by atoms with Crippen molar-refractivity contribution in [3.8, 4) is 0 Å². The van der Waals surface area contributed by atoms with Crippen molar-refractivity contribution in [3.05, 3.63) is 0 Å². The minimum Gasteiger partial charge on any atom is -0.393 e. The maximum atomic E-state index is 10.8. The van der Waals surface area contributed by atoms with E-state index in [4.69, 9.17) is 0 Å². The minimum atomic E-state index is -0.208. The Bertz CT molecular complexity index is 163. The minimum absolute atomic E-state index is 0.00546. The van der Waals surface area contributed by atoms with Crippen LogP contribution >= 0.6 is 15.9 Å². The van der Waals surface area contributed by atoms with Crippen molar-refractivity contribution in [2.75, 3.05) is 11.9 Å². The van der Waals surface area contributed by atoms with E-state index < -0.39 is 0 Å². The van der Waals surface area contributed by atoms with Crippen molar-refractivity contribution >= 4 is 21.8 Å². The quantitative estimate of drug-likeness (QED) is 0.707. The number of hydrogen-bond acceptors (Lipinski definition) is 2. The van der Waals surface area contributed by atoms with Crippen LogP contribution in [0.5, 0.6) is 0 Å². The van der Waals surface area contributed by atoms with Crippen LogP contribution in [0.25, 0.3) is 0 Å². The van der Waals surface area contributed by atoms with Crippen LogP contribution in [-0.2, 0) is 4.79 Å². The first-order valence-corrected chi connectivity index (χ1v) is 5.37. The summed E-state index contributed by atoms with van der Waals surface area (Å²) in [5.74, 6) is 0.266. The molecular formula is C8H14BrNO2. The van der Waals surface area contributed by atoms with Crippen molar-refractivity contribution < 1.29 is 9.90 Å². The van der Waals surface area contributed by atoms with Gasteiger partial charge in [0.15, 0.2) is 0 Å². The average molecular weight is 236 g/mol. The van der Waals surface area contributed by atoms with Gasteiger partial charge in [0, 0.05) is 12.5 Å². The summed E-state index contributed by atoms with van der Waals surface area (Å²) in [4.78, 5) is 10.8. The van der Waals surface area contributed by atoms with Crippen LogP contribution in [0.2, 0.25) is 0 Å². The van der Waals surface area contributed by atoms with Gasteiger partial charge in [-0.15, -0.1) is 0 Å². The van der Waals surface area contributed by atoms with Gasteiger partial charge in [-0.1, -0.05) is 22.4 Å².